The molecule has 2 aliphatic rings. The van der Waals surface area contributed by atoms with Gasteiger partial charge in [-0.2, -0.15) is 0 Å². The third kappa shape index (κ3) is 4.14. The maximum absolute atomic E-state index is 12.1. The molecule has 0 radical (unpaired) electrons. The van der Waals surface area contributed by atoms with E-state index in [0.717, 1.165) is 48.7 Å². The molecule has 0 saturated carbocycles. The van der Waals surface area contributed by atoms with Gasteiger partial charge in [0.15, 0.2) is 16.6 Å². The van der Waals surface area contributed by atoms with Crippen molar-refractivity contribution in [3.05, 3.63) is 23.6 Å². The molecule has 0 aliphatic carbocycles. The first-order chi connectivity index (χ1) is 12.8. The number of aromatic nitrogens is 1. The van der Waals surface area contributed by atoms with Crippen LogP contribution in [-0.2, 0) is 9.53 Å². The molecule has 0 spiro atoms. The molecule has 26 heavy (non-hydrogen) atoms. The second kappa shape index (κ2) is 8.03. The number of piperidine rings is 1. The third-order valence-electron chi connectivity index (χ3n) is 4.29. The monoisotopic (exact) mass is 375 g/mol. The lowest BCUT2D eigenvalue weighted by Gasteiger charge is -2.22. The topological polar surface area (TPSA) is 81.7 Å². The number of thiazole rings is 1. The van der Waals surface area contributed by atoms with E-state index < -0.39 is 0 Å². The van der Waals surface area contributed by atoms with E-state index >= 15 is 0 Å². The Hall–Kier alpha value is -2.16. The van der Waals surface area contributed by atoms with Gasteiger partial charge in [0.2, 0.25) is 0 Å². The van der Waals surface area contributed by atoms with Gasteiger partial charge in [-0.15, -0.1) is 11.3 Å². The van der Waals surface area contributed by atoms with Gasteiger partial charge in [0.05, 0.1) is 11.8 Å². The summed E-state index contributed by atoms with van der Waals surface area (Å²) < 4.78 is 16.8. The number of fused-ring (bicyclic) bond motifs is 1. The lowest BCUT2D eigenvalue weighted by Crippen LogP contribution is -2.37. The molecule has 1 atom stereocenters. The van der Waals surface area contributed by atoms with E-state index in [2.05, 4.69) is 15.6 Å². The van der Waals surface area contributed by atoms with E-state index in [4.69, 9.17) is 14.2 Å². The summed E-state index contributed by atoms with van der Waals surface area (Å²) in [7, 11) is 0. The summed E-state index contributed by atoms with van der Waals surface area (Å²) in [5, 5.41) is 8.54. The van der Waals surface area contributed by atoms with Crippen LogP contribution in [0.2, 0.25) is 0 Å². The Morgan fingerprint density at radius 2 is 2.23 bits per heavy atom. The van der Waals surface area contributed by atoms with Crippen molar-refractivity contribution in [1.82, 2.24) is 10.3 Å². The number of hydrogen-bond donors (Lipinski definition) is 2. The van der Waals surface area contributed by atoms with Gasteiger partial charge in [0.1, 0.15) is 19.8 Å². The number of carbonyl (C=O) groups excluding carboxylic acids is 1. The molecule has 1 unspecified atom stereocenters. The lowest BCUT2D eigenvalue weighted by atomic mass is 10.1. The maximum atomic E-state index is 12.1. The molecule has 1 fully saturated rings. The van der Waals surface area contributed by atoms with Gasteiger partial charge in [-0.25, -0.2) is 4.98 Å². The van der Waals surface area contributed by atoms with E-state index in [1.807, 2.05) is 23.6 Å². The first kappa shape index (κ1) is 17.3. The quantitative estimate of drug-likeness (QED) is 0.835. The summed E-state index contributed by atoms with van der Waals surface area (Å²) in [6.45, 7) is 2.99. The van der Waals surface area contributed by atoms with Gasteiger partial charge in [-0.3, -0.25) is 10.1 Å². The molecule has 0 bridgehead atoms. The number of carbonyl (C=O) groups is 1. The van der Waals surface area contributed by atoms with Crippen LogP contribution in [0.25, 0.3) is 11.3 Å². The molecule has 1 aromatic carbocycles. The Labute approximate surface area is 155 Å². The molecule has 2 aromatic rings. The van der Waals surface area contributed by atoms with Crippen LogP contribution in [0.5, 0.6) is 11.5 Å². The lowest BCUT2D eigenvalue weighted by molar-refractivity contribution is -0.122. The minimum atomic E-state index is -0.182. The zero-order valence-corrected chi connectivity index (χ0v) is 15.1. The van der Waals surface area contributed by atoms with E-state index in [0.29, 0.717) is 18.3 Å². The van der Waals surface area contributed by atoms with Gasteiger partial charge in [-0.05, 0) is 37.6 Å². The van der Waals surface area contributed by atoms with E-state index in [1.165, 1.54) is 11.3 Å². The predicted octanol–water partition coefficient (Wildman–Crippen LogP) is 2.29. The fraction of sp³-hybridized carbons (Fsp3) is 0.444. The Kier molecular flexibility index (Phi) is 5.33. The fourth-order valence-electron chi connectivity index (χ4n) is 2.98. The Morgan fingerprint density at radius 3 is 3.08 bits per heavy atom. The third-order valence-corrected chi connectivity index (χ3v) is 5.05. The van der Waals surface area contributed by atoms with Gasteiger partial charge >= 0.3 is 0 Å². The highest BCUT2D eigenvalue weighted by Gasteiger charge is 2.16. The molecule has 3 heterocycles. The zero-order chi connectivity index (χ0) is 17.8. The van der Waals surface area contributed by atoms with Crippen molar-refractivity contribution in [3.8, 4) is 22.8 Å². The van der Waals surface area contributed by atoms with Crippen LogP contribution in [0, 0.1) is 0 Å². The summed E-state index contributed by atoms with van der Waals surface area (Å²) >= 11 is 1.39. The zero-order valence-electron chi connectivity index (χ0n) is 14.3. The Bertz CT molecular complexity index is 774. The van der Waals surface area contributed by atoms with Crippen molar-refractivity contribution < 1.29 is 19.0 Å². The van der Waals surface area contributed by atoms with E-state index in [-0.39, 0.29) is 18.6 Å². The van der Waals surface area contributed by atoms with Gasteiger partial charge < -0.3 is 19.5 Å². The Morgan fingerprint density at radius 1 is 1.35 bits per heavy atom. The van der Waals surface area contributed by atoms with Crippen LogP contribution in [-0.4, -0.2) is 49.9 Å². The van der Waals surface area contributed by atoms with Gasteiger partial charge in [0, 0.05) is 17.5 Å². The van der Waals surface area contributed by atoms with Crippen LogP contribution >= 0.6 is 11.3 Å². The van der Waals surface area contributed by atoms with E-state index in [1.54, 1.807) is 0 Å². The number of ether oxygens (including phenoxy) is 3. The maximum Gasteiger partial charge on any atom is 0.252 e. The normalized spacial score (nSPS) is 19.2. The highest BCUT2D eigenvalue weighted by Crippen LogP contribution is 2.35. The molecular weight excluding hydrogens is 354 g/mol. The standard InChI is InChI=1S/C18H21N3O4S/c22-17(10-25-13-2-1-5-19-9-13)21-18-20-14(11-26-18)12-3-4-15-16(8-12)24-7-6-23-15/h3-4,8,11,13,19H,1-2,5-7,9-10H2,(H,20,21,22). The molecule has 4 rings (SSSR count). The number of amides is 1. The molecule has 8 heteroatoms. The van der Waals surface area contributed by atoms with Crippen LogP contribution in [0.15, 0.2) is 23.6 Å². The summed E-state index contributed by atoms with van der Waals surface area (Å²) in [6, 6.07) is 5.73. The SMILES string of the molecule is O=C(COC1CCCNC1)Nc1nc(-c2ccc3c(c2)OCCO3)cs1. The van der Waals surface area contributed by atoms with Crippen LogP contribution in [0.4, 0.5) is 5.13 Å². The number of nitrogens with one attached hydrogen (secondary N) is 2. The number of benzene rings is 1. The second-order valence-electron chi connectivity index (χ2n) is 6.22. The van der Waals surface area contributed by atoms with Crippen molar-refractivity contribution in [3.63, 3.8) is 0 Å². The summed E-state index contributed by atoms with van der Waals surface area (Å²) in [5.74, 6) is 1.29. The van der Waals surface area contributed by atoms with Crippen LogP contribution < -0.4 is 20.1 Å². The summed E-state index contributed by atoms with van der Waals surface area (Å²) in [6.07, 6.45) is 2.18. The van der Waals surface area contributed by atoms with Crippen molar-refractivity contribution >= 4 is 22.4 Å². The largest absolute Gasteiger partial charge is 0.486 e. The van der Waals surface area contributed by atoms with Crippen molar-refractivity contribution in [1.29, 1.82) is 0 Å². The molecule has 2 aliphatic heterocycles. The first-order valence-electron chi connectivity index (χ1n) is 8.76. The smallest absolute Gasteiger partial charge is 0.252 e. The van der Waals surface area contributed by atoms with Crippen molar-refractivity contribution in [2.24, 2.45) is 0 Å². The van der Waals surface area contributed by atoms with E-state index in [9.17, 15) is 4.79 Å². The molecule has 2 N–H and O–H groups in total. The van der Waals surface area contributed by atoms with Crippen LogP contribution in [0.3, 0.4) is 0 Å². The number of nitrogens with zero attached hydrogens (tertiary/aromatic N) is 1. The average molecular weight is 375 g/mol. The summed E-state index contributed by atoms with van der Waals surface area (Å²) in [5.41, 5.74) is 1.72. The van der Waals surface area contributed by atoms with Gasteiger partial charge in [-0.1, -0.05) is 0 Å². The molecule has 1 amide bonds. The number of anilines is 1. The average Bonchev–Trinajstić information content (AvgIpc) is 3.15. The Balaban J connectivity index is 1.34. The van der Waals surface area contributed by atoms with Gasteiger partial charge in [0.25, 0.3) is 5.91 Å². The van der Waals surface area contributed by atoms with Crippen molar-refractivity contribution in [2.75, 3.05) is 38.2 Å². The highest BCUT2D eigenvalue weighted by atomic mass is 32.1. The molecule has 1 aromatic heterocycles. The van der Waals surface area contributed by atoms with Crippen molar-refractivity contribution in [2.45, 2.75) is 18.9 Å². The summed E-state index contributed by atoms with van der Waals surface area (Å²) in [4.78, 5) is 16.6. The second-order valence-corrected chi connectivity index (χ2v) is 7.08. The molecular formula is C18H21N3O4S. The number of hydrogen-bond acceptors (Lipinski definition) is 7. The fourth-order valence-corrected chi connectivity index (χ4v) is 3.71. The predicted molar refractivity (Wildman–Crippen MR) is 99.0 cm³/mol. The number of rotatable bonds is 5. The molecule has 1 saturated heterocycles. The minimum Gasteiger partial charge on any atom is -0.486 e. The highest BCUT2D eigenvalue weighted by molar-refractivity contribution is 7.14. The minimum absolute atomic E-state index is 0.0469. The molecule has 7 nitrogen and oxygen atoms in total. The van der Waals surface area contributed by atoms with Crippen LogP contribution in [0.1, 0.15) is 12.8 Å². The molecule has 138 valence electrons. The first-order valence-corrected chi connectivity index (χ1v) is 9.63.